The number of ether oxygens (including phenoxy) is 2. The predicted octanol–water partition coefficient (Wildman–Crippen LogP) is 6.57. The van der Waals surface area contributed by atoms with Crippen molar-refractivity contribution in [2.45, 2.75) is 65.1 Å². The highest BCUT2D eigenvalue weighted by atomic mass is 16.5. The monoisotopic (exact) mass is 418 g/mol. The fraction of sp³-hybridized carbons (Fsp3) is 0.370. The van der Waals surface area contributed by atoms with E-state index in [1.165, 1.54) is 5.57 Å². The van der Waals surface area contributed by atoms with Crippen LogP contribution in [0.4, 0.5) is 0 Å². The maximum absolute atomic E-state index is 12.9. The number of hydrogen-bond acceptors (Lipinski definition) is 4. The van der Waals surface area contributed by atoms with Crippen molar-refractivity contribution < 1.29 is 19.4 Å². The van der Waals surface area contributed by atoms with E-state index in [0.29, 0.717) is 17.7 Å². The SMILES string of the molecule is CC(C)=CCCCc1c(O)ccc2c1OC(c1ccc3c(c1)C=CC(C)(C)O3)CC2=O. The second-order valence-corrected chi connectivity index (χ2v) is 9.18. The van der Waals surface area contributed by atoms with Crippen LogP contribution in [0.15, 0.2) is 48.1 Å². The van der Waals surface area contributed by atoms with E-state index in [4.69, 9.17) is 9.47 Å². The summed E-state index contributed by atoms with van der Waals surface area (Å²) in [6.45, 7) is 8.19. The molecule has 0 amide bonds. The smallest absolute Gasteiger partial charge is 0.170 e. The van der Waals surface area contributed by atoms with Gasteiger partial charge in [0.15, 0.2) is 5.78 Å². The number of phenols is 1. The Morgan fingerprint density at radius 1 is 1.23 bits per heavy atom. The van der Waals surface area contributed by atoms with E-state index in [9.17, 15) is 9.90 Å². The molecule has 0 fully saturated rings. The van der Waals surface area contributed by atoms with Crippen LogP contribution in [0.2, 0.25) is 0 Å². The molecular weight excluding hydrogens is 388 g/mol. The molecule has 1 atom stereocenters. The molecule has 31 heavy (non-hydrogen) atoms. The van der Waals surface area contributed by atoms with Gasteiger partial charge >= 0.3 is 0 Å². The van der Waals surface area contributed by atoms with Crippen molar-refractivity contribution in [3.05, 3.63) is 70.3 Å². The molecule has 0 radical (unpaired) electrons. The molecule has 0 spiro atoms. The Morgan fingerprint density at radius 3 is 2.81 bits per heavy atom. The minimum atomic E-state index is -0.382. The zero-order valence-corrected chi connectivity index (χ0v) is 18.7. The van der Waals surface area contributed by atoms with Crippen LogP contribution in [0.5, 0.6) is 17.2 Å². The summed E-state index contributed by atoms with van der Waals surface area (Å²) in [5.41, 5.74) is 4.15. The summed E-state index contributed by atoms with van der Waals surface area (Å²) in [6, 6.07) is 9.23. The van der Waals surface area contributed by atoms with Crippen LogP contribution in [0.1, 0.15) is 80.1 Å². The number of benzene rings is 2. The Bertz CT molecular complexity index is 1070. The molecule has 1 unspecified atom stereocenters. The average Bonchev–Trinajstić information content (AvgIpc) is 2.71. The average molecular weight is 419 g/mol. The number of carbonyl (C=O) groups is 1. The Kier molecular flexibility index (Phi) is 5.65. The van der Waals surface area contributed by atoms with Gasteiger partial charge < -0.3 is 14.6 Å². The lowest BCUT2D eigenvalue weighted by Gasteiger charge is -2.30. The van der Waals surface area contributed by atoms with Gasteiger partial charge in [0.05, 0.1) is 12.0 Å². The quantitative estimate of drug-likeness (QED) is 0.441. The van der Waals surface area contributed by atoms with Gasteiger partial charge in [0.1, 0.15) is 29.0 Å². The largest absolute Gasteiger partial charge is 0.508 e. The molecule has 4 rings (SSSR count). The minimum absolute atomic E-state index is 0.0439. The minimum Gasteiger partial charge on any atom is -0.508 e. The van der Waals surface area contributed by atoms with Gasteiger partial charge in [0.2, 0.25) is 0 Å². The predicted molar refractivity (Wildman–Crippen MR) is 123 cm³/mol. The Hall–Kier alpha value is -3.01. The topological polar surface area (TPSA) is 55.8 Å². The Morgan fingerprint density at radius 2 is 2.03 bits per heavy atom. The molecule has 162 valence electrons. The second kappa shape index (κ2) is 8.26. The number of ketones is 1. The number of carbonyl (C=O) groups excluding carboxylic acids is 1. The molecule has 0 aliphatic carbocycles. The Balaban J connectivity index is 1.61. The summed E-state index contributed by atoms with van der Waals surface area (Å²) in [6.07, 6.45) is 8.64. The van der Waals surface area contributed by atoms with Gasteiger partial charge in [-0.2, -0.15) is 0 Å². The molecule has 1 N–H and O–H groups in total. The van der Waals surface area contributed by atoms with Crippen molar-refractivity contribution in [3.8, 4) is 17.2 Å². The van der Waals surface area contributed by atoms with Crippen molar-refractivity contribution in [2.24, 2.45) is 0 Å². The number of aromatic hydroxyl groups is 1. The van der Waals surface area contributed by atoms with Gasteiger partial charge in [-0.25, -0.2) is 0 Å². The third-order valence-corrected chi connectivity index (χ3v) is 5.79. The molecular formula is C27H30O4. The zero-order chi connectivity index (χ0) is 22.2. The van der Waals surface area contributed by atoms with Gasteiger partial charge in [-0.05, 0) is 82.9 Å². The van der Waals surface area contributed by atoms with E-state index >= 15 is 0 Å². The highest BCUT2D eigenvalue weighted by Crippen LogP contribution is 2.42. The van der Waals surface area contributed by atoms with Crippen LogP contribution in [-0.4, -0.2) is 16.5 Å². The van der Waals surface area contributed by atoms with Crippen LogP contribution >= 0.6 is 0 Å². The molecule has 4 heteroatoms. The third kappa shape index (κ3) is 4.53. The summed E-state index contributed by atoms with van der Waals surface area (Å²) >= 11 is 0. The first-order chi connectivity index (χ1) is 14.7. The van der Waals surface area contributed by atoms with Crippen molar-refractivity contribution >= 4 is 11.9 Å². The fourth-order valence-electron chi connectivity index (χ4n) is 4.13. The summed E-state index contributed by atoms with van der Waals surface area (Å²) in [5, 5.41) is 10.5. The zero-order valence-electron chi connectivity index (χ0n) is 18.7. The number of rotatable bonds is 5. The Labute approximate surface area is 184 Å². The third-order valence-electron chi connectivity index (χ3n) is 5.79. The number of phenolic OH excluding ortho intramolecular Hbond substituents is 1. The number of hydrogen-bond donors (Lipinski definition) is 1. The fourth-order valence-corrected chi connectivity index (χ4v) is 4.13. The first-order valence-electron chi connectivity index (χ1n) is 10.9. The highest BCUT2D eigenvalue weighted by Gasteiger charge is 2.31. The molecule has 2 aliphatic rings. The number of fused-ring (bicyclic) bond motifs is 2. The van der Waals surface area contributed by atoms with Crippen LogP contribution in [0, 0.1) is 0 Å². The van der Waals surface area contributed by atoms with Crippen LogP contribution in [0.3, 0.4) is 0 Å². The standard InChI is InChI=1S/C27H30O4/c1-17(2)7-5-6-8-20-22(28)11-10-21-23(29)16-25(30-26(20)21)18-9-12-24-19(15-18)13-14-27(3,4)31-24/h7,9-15,25,28H,5-6,8,16H2,1-4H3. The van der Waals surface area contributed by atoms with Gasteiger partial charge in [0, 0.05) is 11.1 Å². The van der Waals surface area contributed by atoms with Crippen LogP contribution in [0.25, 0.3) is 6.08 Å². The molecule has 2 heterocycles. The number of Topliss-reactive ketones (excluding diaryl/α,β-unsaturated/α-hetero) is 1. The van der Waals surface area contributed by atoms with Crippen molar-refractivity contribution in [2.75, 3.05) is 0 Å². The van der Waals surface area contributed by atoms with E-state index < -0.39 is 0 Å². The highest BCUT2D eigenvalue weighted by molar-refractivity contribution is 6.00. The molecule has 2 aliphatic heterocycles. The van der Waals surface area contributed by atoms with Crippen molar-refractivity contribution in [1.29, 1.82) is 0 Å². The number of allylic oxidation sites excluding steroid dienone is 2. The second-order valence-electron chi connectivity index (χ2n) is 9.18. The van der Waals surface area contributed by atoms with Gasteiger partial charge in [-0.3, -0.25) is 4.79 Å². The van der Waals surface area contributed by atoms with Gasteiger partial charge in [0.25, 0.3) is 0 Å². The molecule has 4 nitrogen and oxygen atoms in total. The maximum Gasteiger partial charge on any atom is 0.170 e. The molecule has 0 aromatic heterocycles. The molecule has 0 saturated heterocycles. The van der Waals surface area contributed by atoms with E-state index in [-0.39, 0.29) is 29.7 Å². The van der Waals surface area contributed by atoms with Crippen molar-refractivity contribution in [1.82, 2.24) is 0 Å². The van der Waals surface area contributed by atoms with Crippen molar-refractivity contribution in [3.63, 3.8) is 0 Å². The first-order valence-corrected chi connectivity index (χ1v) is 10.9. The molecule has 0 saturated carbocycles. The maximum atomic E-state index is 12.9. The van der Waals surface area contributed by atoms with E-state index in [1.54, 1.807) is 12.1 Å². The molecule has 0 bridgehead atoms. The molecule has 2 aromatic rings. The first kappa shape index (κ1) is 21.2. The van der Waals surface area contributed by atoms with E-state index in [2.05, 4.69) is 26.0 Å². The summed E-state index contributed by atoms with van der Waals surface area (Å²) in [4.78, 5) is 12.9. The van der Waals surface area contributed by atoms with Crippen LogP contribution < -0.4 is 9.47 Å². The van der Waals surface area contributed by atoms with Crippen LogP contribution in [-0.2, 0) is 6.42 Å². The lowest BCUT2D eigenvalue weighted by molar-refractivity contribution is 0.0847. The lowest BCUT2D eigenvalue weighted by Crippen LogP contribution is -2.27. The number of unbranched alkanes of at least 4 members (excludes halogenated alkanes) is 1. The normalized spacial score (nSPS) is 18.5. The summed E-state index contributed by atoms with van der Waals surface area (Å²) in [7, 11) is 0. The van der Waals surface area contributed by atoms with Gasteiger partial charge in [-0.1, -0.05) is 23.8 Å². The van der Waals surface area contributed by atoms with E-state index in [1.807, 2.05) is 38.1 Å². The molecule has 2 aromatic carbocycles. The summed E-state index contributed by atoms with van der Waals surface area (Å²) < 4.78 is 12.4. The van der Waals surface area contributed by atoms with E-state index in [0.717, 1.165) is 35.3 Å². The van der Waals surface area contributed by atoms with Gasteiger partial charge in [-0.15, -0.1) is 0 Å². The summed E-state index contributed by atoms with van der Waals surface area (Å²) in [5.74, 6) is 1.59. The lowest BCUT2D eigenvalue weighted by atomic mass is 9.91.